The van der Waals surface area contributed by atoms with Gasteiger partial charge in [-0.1, -0.05) is 53.5 Å². The first-order chi connectivity index (χ1) is 16.0. The Balaban J connectivity index is 1.28. The van der Waals surface area contributed by atoms with Crippen LogP contribution in [0, 0.1) is 11.8 Å². The Morgan fingerprint density at radius 3 is 2.33 bits per heavy atom. The van der Waals surface area contributed by atoms with Crippen LogP contribution in [0.3, 0.4) is 0 Å². The molecule has 2 atom stereocenters. The van der Waals surface area contributed by atoms with Crippen LogP contribution < -0.4 is 0 Å². The second-order valence-electron chi connectivity index (χ2n) is 9.66. The zero-order chi connectivity index (χ0) is 22.9. The van der Waals surface area contributed by atoms with Crippen molar-refractivity contribution in [2.45, 2.75) is 32.4 Å². The van der Waals surface area contributed by atoms with E-state index in [0.717, 1.165) is 39.1 Å². The van der Waals surface area contributed by atoms with Gasteiger partial charge in [0, 0.05) is 62.8 Å². The molecule has 3 aliphatic rings. The van der Waals surface area contributed by atoms with Crippen LogP contribution in [-0.4, -0.2) is 59.2 Å². The van der Waals surface area contributed by atoms with Crippen LogP contribution in [-0.2, 0) is 17.9 Å². The normalized spacial score (nSPS) is 23.3. The van der Waals surface area contributed by atoms with Crippen LogP contribution >= 0.6 is 23.2 Å². The summed E-state index contributed by atoms with van der Waals surface area (Å²) >= 11 is 13.1. The van der Waals surface area contributed by atoms with Gasteiger partial charge in [-0.3, -0.25) is 14.5 Å². The van der Waals surface area contributed by atoms with E-state index in [1.54, 1.807) is 17.0 Å². The highest BCUT2D eigenvalue weighted by molar-refractivity contribution is 6.38. The van der Waals surface area contributed by atoms with Crippen molar-refractivity contribution in [2.24, 2.45) is 11.8 Å². The van der Waals surface area contributed by atoms with Gasteiger partial charge in [-0.15, -0.1) is 0 Å². The number of rotatable bonds is 5. The van der Waals surface area contributed by atoms with Gasteiger partial charge < -0.3 is 9.80 Å². The summed E-state index contributed by atoms with van der Waals surface area (Å²) in [6.45, 7) is 5.54. The molecule has 3 fully saturated rings. The second kappa shape index (κ2) is 9.65. The summed E-state index contributed by atoms with van der Waals surface area (Å²) in [6, 6.07) is 14.0. The first kappa shape index (κ1) is 22.7. The average molecular weight is 486 g/mol. The van der Waals surface area contributed by atoms with Crippen molar-refractivity contribution in [3.05, 3.63) is 69.2 Å². The van der Waals surface area contributed by atoms with Gasteiger partial charge in [-0.2, -0.15) is 0 Å². The maximum atomic E-state index is 13.5. The molecule has 2 aromatic rings. The predicted molar refractivity (Wildman–Crippen MR) is 130 cm³/mol. The average Bonchev–Trinajstić information content (AvgIpc) is 3.20. The minimum absolute atomic E-state index is 0.0307. The van der Waals surface area contributed by atoms with Gasteiger partial charge in [0.15, 0.2) is 0 Å². The Bertz CT molecular complexity index is 1030. The molecular formula is C26H29Cl2N3O2. The minimum atomic E-state index is -0.0307. The first-order valence-electron chi connectivity index (χ1n) is 11.8. The zero-order valence-corrected chi connectivity index (χ0v) is 20.2. The molecule has 3 aliphatic heterocycles. The number of hydrogen-bond donors (Lipinski definition) is 0. The van der Waals surface area contributed by atoms with Gasteiger partial charge in [-0.05, 0) is 42.4 Å². The topological polar surface area (TPSA) is 43.9 Å². The maximum Gasteiger partial charge on any atom is 0.255 e. The van der Waals surface area contributed by atoms with E-state index in [1.165, 1.54) is 12.0 Å². The quantitative estimate of drug-likeness (QED) is 0.615. The van der Waals surface area contributed by atoms with Crippen LogP contribution in [0.2, 0.25) is 10.0 Å². The Hall–Kier alpha value is -2.08. The zero-order valence-electron chi connectivity index (χ0n) is 18.7. The van der Waals surface area contributed by atoms with Gasteiger partial charge in [0.25, 0.3) is 5.91 Å². The van der Waals surface area contributed by atoms with Crippen molar-refractivity contribution in [1.29, 1.82) is 0 Å². The number of carbonyl (C=O) groups excluding carboxylic acids is 2. The molecule has 0 N–H and O–H groups in total. The Kier molecular flexibility index (Phi) is 6.64. The molecule has 3 heterocycles. The molecule has 2 aromatic carbocycles. The van der Waals surface area contributed by atoms with Crippen LogP contribution in [0.5, 0.6) is 0 Å². The Labute approximate surface area is 205 Å². The molecule has 5 rings (SSSR count). The van der Waals surface area contributed by atoms with Crippen LogP contribution in [0.1, 0.15) is 40.7 Å². The number of fused-ring (bicyclic) bond motifs is 2. The fourth-order valence-electron chi connectivity index (χ4n) is 5.66. The number of piperidine rings is 2. The summed E-state index contributed by atoms with van der Waals surface area (Å²) in [7, 11) is 0. The molecule has 3 saturated heterocycles. The van der Waals surface area contributed by atoms with E-state index in [1.807, 2.05) is 11.0 Å². The number of carbonyl (C=O) groups is 2. The van der Waals surface area contributed by atoms with Crippen molar-refractivity contribution in [3.63, 3.8) is 0 Å². The highest BCUT2D eigenvalue weighted by Crippen LogP contribution is 2.34. The van der Waals surface area contributed by atoms with Crippen molar-refractivity contribution in [3.8, 4) is 0 Å². The Morgan fingerprint density at radius 2 is 1.67 bits per heavy atom. The Morgan fingerprint density at radius 1 is 0.939 bits per heavy atom. The highest BCUT2D eigenvalue weighted by atomic mass is 35.5. The van der Waals surface area contributed by atoms with Crippen LogP contribution in [0.4, 0.5) is 0 Å². The van der Waals surface area contributed by atoms with E-state index < -0.39 is 0 Å². The van der Waals surface area contributed by atoms with Crippen molar-refractivity contribution in [1.82, 2.24) is 14.7 Å². The van der Waals surface area contributed by atoms with Crippen molar-refractivity contribution >= 4 is 35.0 Å². The predicted octanol–water partition coefficient (Wildman–Crippen LogP) is 4.71. The van der Waals surface area contributed by atoms with Crippen molar-refractivity contribution < 1.29 is 9.59 Å². The molecule has 7 heteroatoms. The standard InChI is InChI=1S/C26H29Cl2N3O2/c27-23-9-8-21(25(28)22(23)17-30-10-4-7-24(30)32)26(33)31-15-19-11-20(16-31)14-29(13-19)12-18-5-2-1-3-6-18/h1-3,5-6,8-9,19-20H,4,7,10-17H2/t19-,20?/m0/s1. The van der Waals surface area contributed by atoms with Gasteiger partial charge in [0.1, 0.15) is 0 Å². The van der Waals surface area contributed by atoms with E-state index in [9.17, 15) is 9.59 Å². The third-order valence-electron chi connectivity index (χ3n) is 7.13. The number of nitrogens with zero attached hydrogens (tertiary/aromatic N) is 3. The first-order valence-corrected chi connectivity index (χ1v) is 12.5. The van der Waals surface area contributed by atoms with E-state index >= 15 is 0 Å². The number of amides is 2. The van der Waals surface area contributed by atoms with Crippen LogP contribution in [0.15, 0.2) is 42.5 Å². The molecule has 0 aliphatic carbocycles. The third kappa shape index (κ3) is 4.91. The molecule has 0 spiro atoms. The smallest absolute Gasteiger partial charge is 0.255 e. The molecule has 0 saturated carbocycles. The van der Waals surface area contributed by atoms with E-state index in [0.29, 0.717) is 52.5 Å². The summed E-state index contributed by atoms with van der Waals surface area (Å²) in [5, 5.41) is 0.886. The summed E-state index contributed by atoms with van der Waals surface area (Å²) < 4.78 is 0. The lowest BCUT2D eigenvalue weighted by atomic mass is 9.84. The van der Waals surface area contributed by atoms with E-state index in [4.69, 9.17) is 23.2 Å². The largest absolute Gasteiger partial charge is 0.338 e. The second-order valence-corrected chi connectivity index (χ2v) is 10.4. The molecule has 1 unspecified atom stereocenters. The number of benzene rings is 2. The summed E-state index contributed by atoms with van der Waals surface area (Å²) in [6.07, 6.45) is 2.59. The monoisotopic (exact) mass is 485 g/mol. The highest BCUT2D eigenvalue weighted by Gasteiger charge is 2.37. The molecular weight excluding hydrogens is 457 g/mol. The van der Waals surface area contributed by atoms with Gasteiger partial charge >= 0.3 is 0 Å². The maximum absolute atomic E-state index is 13.5. The molecule has 33 heavy (non-hydrogen) atoms. The lowest BCUT2D eigenvalue weighted by Crippen LogP contribution is -2.53. The third-order valence-corrected chi connectivity index (χ3v) is 7.92. The van der Waals surface area contributed by atoms with Gasteiger partial charge in [-0.25, -0.2) is 0 Å². The number of halogens is 2. The lowest BCUT2D eigenvalue weighted by Gasteiger charge is -2.46. The van der Waals surface area contributed by atoms with Crippen molar-refractivity contribution in [2.75, 3.05) is 32.7 Å². The summed E-state index contributed by atoms with van der Waals surface area (Å²) in [4.78, 5) is 31.8. The van der Waals surface area contributed by atoms with E-state index in [2.05, 4.69) is 29.2 Å². The fourth-order valence-corrected chi connectivity index (χ4v) is 6.24. The molecule has 5 nitrogen and oxygen atoms in total. The van der Waals surface area contributed by atoms with Gasteiger partial charge in [0.2, 0.25) is 5.91 Å². The molecule has 0 radical (unpaired) electrons. The summed E-state index contributed by atoms with van der Waals surface area (Å²) in [5.41, 5.74) is 2.50. The van der Waals surface area contributed by atoms with Crippen LogP contribution in [0.25, 0.3) is 0 Å². The molecule has 174 valence electrons. The lowest BCUT2D eigenvalue weighted by molar-refractivity contribution is -0.128. The molecule has 2 bridgehead atoms. The van der Waals surface area contributed by atoms with E-state index in [-0.39, 0.29) is 11.8 Å². The number of likely N-dealkylation sites (tertiary alicyclic amines) is 3. The number of hydrogen-bond acceptors (Lipinski definition) is 3. The fraction of sp³-hybridized carbons (Fsp3) is 0.462. The minimum Gasteiger partial charge on any atom is -0.338 e. The molecule has 2 amide bonds. The van der Waals surface area contributed by atoms with Gasteiger partial charge in [0.05, 0.1) is 10.6 Å². The molecule has 0 aromatic heterocycles. The SMILES string of the molecule is O=C1CCCN1Cc1c(Cl)ccc(C(=O)N2CC3C[C@@H](CN(Cc4ccccc4)C3)C2)c1Cl. The summed E-state index contributed by atoms with van der Waals surface area (Å²) in [5.74, 6) is 1.02.